The Labute approximate surface area is 103 Å². The van der Waals surface area contributed by atoms with Gasteiger partial charge in [-0.3, -0.25) is 0 Å². The largest absolute Gasteiger partial charge is 0.367 e. The van der Waals surface area contributed by atoms with E-state index in [4.69, 9.17) is 17.3 Å². The number of rotatable bonds is 4. The third-order valence-corrected chi connectivity index (χ3v) is 2.98. The summed E-state index contributed by atoms with van der Waals surface area (Å²) in [5, 5.41) is 4.67. The molecule has 84 valence electrons. The molecule has 0 fully saturated rings. The first-order valence-corrected chi connectivity index (χ1v) is 5.97. The predicted octanol–water partition coefficient (Wildman–Crippen LogP) is 2.43. The molecule has 4 nitrogen and oxygen atoms in total. The van der Waals surface area contributed by atoms with E-state index >= 15 is 0 Å². The highest BCUT2D eigenvalue weighted by atomic mass is 35.5. The summed E-state index contributed by atoms with van der Waals surface area (Å²) in [4.78, 5) is 4.01. The zero-order valence-electron chi connectivity index (χ0n) is 8.48. The van der Waals surface area contributed by atoms with E-state index in [0.29, 0.717) is 5.95 Å². The smallest absolute Gasteiger partial charge is 0.233 e. The van der Waals surface area contributed by atoms with Crippen LogP contribution in [0, 0.1) is 0 Å². The number of nitrogens with two attached hydrogens (primary N) is 1. The third-order valence-electron chi connectivity index (χ3n) is 2.04. The molecule has 1 aromatic carbocycles. The Hall–Kier alpha value is -1.33. The third kappa shape index (κ3) is 3.08. The van der Waals surface area contributed by atoms with E-state index in [0.717, 1.165) is 23.1 Å². The molecule has 0 radical (unpaired) electrons. The molecule has 0 saturated heterocycles. The quantitative estimate of drug-likeness (QED) is 0.880. The first-order valence-electron chi connectivity index (χ1n) is 4.81. The second-order valence-electron chi connectivity index (χ2n) is 3.26. The molecular weight excluding hydrogens is 244 g/mol. The van der Waals surface area contributed by atoms with E-state index in [1.54, 1.807) is 0 Å². The van der Waals surface area contributed by atoms with Crippen LogP contribution in [0.1, 0.15) is 5.56 Å². The Bertz CT molecular complexity index is 454. The van der Waals surface area contributed by atoms with Gasteiger partial charge in [0.25, 0.3) is 0 Å². The van der Waals surface area contributed by atoms with Gasteiger partial charge in [-0.25, -0.2) is 0 Å². The SMILES string of the molecule is Nc1nsc(NCCc2ccc(Cl)cc2)n1. The molecule has 2 rings (SSSR count). The molecule has 0 spiro atoms. The van der Waals surface area contributed by atoms with Crippen LogP contribution in [0.5, 0.6) is 0 Å². The maximum Gasteiger partial charge on any atom is 0.233 e. The number of anilines is 2. The van der Waals surface area contributed by atoms with Crippen molar-refractivity contribution < 1.29 is 0 Å². The molecule has 16 heavy (non-hydrogen) atoms. The Kier molecular flexibility index (Phi) is 3.58. The average Bonchev–Trinajstić information content (AvgIpc) is 2.67. The minimum atomic E-state index is 0.319. The lowest BCUT2D eigenvalue weighted by atomic mass is 10.1. The summed E-state index contributed by atoms with van der Waals surface area (Å²) in [6.45, 7) is 0.802. The zero-order chi connectivity index (χ0) is 11.4. The van der Waals surface area contributed by atoms with Crippen LogP contribution >= 0.6 is 23.1 Å². The van der Waals surface area contributed by atoms with Crippen molar-refractivity contribution in [2.24, 2.45) is 0 Å². The van der Waals surface area contributed by atoms with Crippen LogP contribution in [-0.4, -0.2) is 15.9 Å². The minimum absolute atomic E-state index is 0.319. The number of nitrogen functional groups attached to an aromatic ring is 1. The average molecular weight is 255 g/mol. The van der Waals surface area contributed by atoms with E-state index in [1.807, 2.05) is 24.3 Å². The highest BCUT2D eigenvalue weighted by Gasteiger charge is 1.99. The molecule has 2 aromatic rings. The van der Waals surface area contributed by atoms with Gasteiger partial charge < -0.3 is 11.1 Å². The van der Waals surface area contributed by atoms with E-state index in [2.05, 4.69) is 14.7 Å². The molecule has 0 aliphatic rings. The van der Waals surface area contributed by atoms with Crippen LogP contribution in [-0.2, 0) is 6.42 Å². The number of benzene rings is 1. The molecule has 1 aromatic heterocycles. The molecule has 6 heteroatoms. The second-order valence-corrected chi connectivity index (χ2v) is 4.45. The van der Waals surface area contributed by atoms with Gasteiger partial charge in [-0.2, -0.15) is 9.36 Å². The number of halogens is 1. The Morgan fingerprint density at radius 2 is 2.06 bits per heavy atom. The van der Waals surface area contributed by atoms with Crippen molar-refractivity contribution in [3.05, 3.63) is 34.9 Å². The first kappa shape index (κ1) is 11.2. The van der Waals surface area contributed by atoms with Crippen LogP contribution in [0.4, 0.5) is 11.1 Å². The van der Waals surface area contributed by atoms with Gasteiger partial charge in [0.15, 0.2) is 0 Å². The molecule has 0 saturated carbocycles. The minimum Gasteiger partial charge on any atom is -0.367 e. The van der Waals surface area contributed by atoms with Gasteiger partial charge in [-0.05, 0) is 24.1 Å². The van der Waals surface area contributed by atoms with Crippen molar-refractivity contribution in [3.63, 3.8) is 0 Å². The highest BCUT2D eigenvalue weighted by molar-refractivity contribution is 7.09. The molecule has 3 N–H and O–H groups in total. The van der Waals surface area contributed by atoms with E-state index in [9.17, 15) is 0 Å². The van der Waals surface area contributed by atoms with Gasteiger partial charge in [0, 0.05) is 23.1 Å². The summed E-state index contributed by atoms with van der Waals surface area (Å²) in [6.07, 6.45) is 0.913. The fourth-order valence-electron chi connectivity index (χ4n) is 1.27. The van der Waals surface area contributed by atoms with Crippen LogP contribution in [0.3, 0.4) is 0 Å². The summed E-state index contributed by atoms with van der Waals surface area (Å²) in [6, 6.07) is 7.80. The molecule has 0 atom stereocenters. The fourth-order valence-corrected chi connectivity index (χ4v) is 1.92. The predicted molar refractivity (Wildman–Crippen MR) is 68.0 cm³/mol. The molecule has 0 unspecified atom stereocenters. The van der Waals surface area contributed by atoms with E-state index < -0.39 is 0 Å². The Morgan fingerprint density at radius 1 is 1.31 bits per heavy atom. The van der Waals surface area contributed by atoms with Crippen LogP contribution < -0.4 is 11.1 Å². The van der Waals surface area contributed by atoms with Crippen LogP contribution in [0.25, 0.3) is 0 Å². The maximum absolute atomic E-state index is 5.80. The van der Waals surface area contributed by atoms with Crippen molar-refractivity contribution in [2.75, 3.05) is 17.6 Å². The molecule has 1 heterocycles. The highest BCUT2D eigenvalue weighted by Crippen LogP contribution is 2.13. The standard InChI is InChI=1S/C10H11ClN4S/c11-8-3-1-7(2-4-8)5-6-13-10-14-9(12)15-16-10/h1-4H,5-6H2,(H3,12,13,14,15). The summed E-state index contributed by atoms with van der Waals surface area (Å²) in [5.41, 5.74) is 6.64. The van der Waals surface area contributed by atoms with E-state index in [-0.39, 0.29) is 0 Å². The van der Waals surface area contributed by atoms with Crippen molar-refractivity contribution >= 4 is 34.2 Å². The van der Waals surface area contributed by atoms with Gasteiger partial charge in [0.05, 0.1) is 0 Å². The van der Waals surface area contributed by atoms with Crippen molar-refractivity contribution in [1.29, 1.82) is 0 Å². The summed E-state index contributed by atoms with van der Waals surface area (Å²) in [5.74, 6) is 0.319. The Balaban J connectivity index is 1.82. The number of nitrogens with one attached hydrogen (secondary N) is 1. The van der Waals surface area contributed by atoms with Gasteiger partial charge in [0.2, 0.25) is 11.1 Å². The molecular formula is C10H11ClN4S. The maximum atomic E-state index is 5.80. The summed E-state index contributed by atoms with van der Waals surface area (Å²) >= 11 is 7.07. The molecule has 0 amide bonds. The van der Waals surface area contributed by atoms with Gasteiger partial charge >= 0.3 is 0 Å². The fraction of sp³-hybridized carbons (Fsp3) is 0.200. The van der Waals surface area contributed by atoms with E-state index in [1.165, 1.54) is 17.1 Å². The lowest BCUT2D eigenvalue weighted by molar-refractivity contribution is 1.02. The van der Waals surface area contributed by atoms with Crippen molar-refractivity contribution in [2.45, 2.75) is 6.42 Å². The number of hydrogen-bond donors (Lipinski definition) is 2. The normalized spacial score (nSPS) is 10.3. The van der Waals surface area contributed by atoms with Crippen molar-refractivity contribution in [1.82, 2.24) is 9.36 Å². The summed E-state index contributed by atoms with van der Waals surface area (Å²) in [7, 11) is 0. The van der Waals surface area contributed by atoms with Crippen LogP contribution in [0.15, 0.2) is 24.3 Å². The summed E-state index contributed by atoms with van der Waals surface area (Å²) < 4.78 is 3.88. The topological polar surface area (TPSA) is 63.8 Å². The lowest BCUT2D eigenvalue weighted by Crippen LogP contribution is -2.04. The van der Waals surface area contributed by atoms with Gasteiger partial charge in [0.1, 0.15) is 0 Å². The van der Waals surface area contributed by atoms with Gasteiger partial charge in [-0.15, -0.1) is 0 Å². The number of hydrogen-bond acceptors (Lipinski definition) is 5. The molecule has 0 aliphatic carbocycles. The first-order chi connectivity index (χ1) is 7.74. The molecule has 0 aliphatic heterocycles. The zero-order valence-corrected chi connectivity index (χ0v) is 10.1. The van der Waals surface area contributed by atoms with Crippen molar-refractivity contribution in [3.8, 4) is 0 Å². The van der Waals surface area contributed by atoms with Gasteiger partial charge in [-0.1, -0.05) is 23.7 Å². The number of nitrogens with zero attached hydrogens (tertiary/aromatic N) is 2. The number of aromatic nitrogens is 2. The van der Waals surface area contributed by atoms with Crippen LogP contribution in [0.2, 0.25) is 5.02 Å². The lowest BCUT2D eigenvalue weighted by Gasteiger charge is -2.02. The Morgan fingerprint density at radius 3 is 2.69 bits per heavy atom. The molecule has 0 bridgehead atoms. The second kappa shape index (κ2) is 5.14. The monoisotopic (exact) mass is 254 g/mol.